The van der Waals surface area contributed by atoms with Crippen LogP contribution in [0.4, 0.5) is 5.69 Å². The average Bonchev–Trinajstić information content (AvgIpc) is 2.26. The Labute approximate surface area is 83.8 Å². The van der Waals surface area contributed by atoms with E-state index in [9.17, 15) is 0 Å². The Morgan fingerprint density at radius 3 is 3.07 bits per heavy atom. The van der Waals surface area contributed by atoms with E-state index in [1.54, 1.807) is 18.5 Å². The Hall–Kier alpha value is -1.60. The molecule has 1 rings (SSSR count). The van der Waals surface area contributed by atoms with Crippen LogP contribution in [0.2, 0.25) is 0 Å². The van der Waals surface area contributed by atoms with E-state index >= 15 is 0 Å². The van der Waals surface area contributed by atoms with E-state index in [2.05, 4.69) is 23.3 Å². The first-order valence-electron chi connectivity index (χ1n) is 4.62. The van der Waals surface area contributed by atoms with Gasteiger partial charge in [-0.2, -0.15) is 5.26 Å². The molecule has 0 amide bonds. The molecule has 0 spiro atoms. The number of nitrogens with one attached hydrogen (secondary N) is 1. The number of nitrogens with two attached hydrogens (primary N) is 1. The molecular weight excluding hydrogens is 176 g/mol. The van der Waals surface area contributed by atoms with Gasteiger partial charge in [0.05, 0.1) is 11.3 Å². The lowest BCUT2D eigenvalue weighted by Gasteiger charge is -2.16. The summed E-state index contributed by atoms with van der Waals surface area (Å²) in [6.45, 7) is 2.61. The van der Waals surface area contributed by atoms with Gasteiger partial charge in [-0.15, -0.1) is 0 Å². The quantitative estimate of drug-likeness (QED) is 0.745. The maximum absolute atomic E-state index is 8.82. The van der Waals surface area contributed by atoms with Gasteiger partial charge in [-0.3, -0.25) is 4.98 Å². The van der Waals surface area contributed by atoms with Gasteiger partial charge in [0.1, 0.15) is 6.07 Å². The van der Waals surface area contributed by atoms with Gasteiger partial charge < -0.3 is 11.1 Å². The van der Waals surface area contributed by atoms with Crippen molar-refractivity contribution >= 4 is 5.69 Å². The highest BCUT2D eigenvalue weighted by atomic mass is 14.9. The molecule has 74 valence electrons. The third-order valence-corrected chi connectivity index (χ3v) is 2.08. The van der Waals surface area contributed by atoms with Crippen LogP contribution < -0.4 is 11.1 Å². The Balaban J connectivity index is 2.80. The van der Waals surface area contributed by atoms with E-state index in [0.717, 1.165) is 12.1 Å². The third kappa shape index (κ3) is 2.44. The summed E-state index contributed by atoms with van der Waals surface area (Å²) in [5.41, 5.74) is 6.92. The zero-order valence-corrected chi connectivity index (χ0v) is 8.20. The van der Waals surface area contributed by atoms with Crippen molar-refractivity contribution in [3.8, 4) is 6.07 Å². The number of pyridine rings is 1. The summed E-state index contributed by atoms with van der Waals surface area (Å²) in [7, 11) is 0. The molecule has 0 aliphatic rings. The van der Waals surface area contributed by atoms with Crippen molar-refractivity contribution in [3.05, 3.63) is 24.0 Å². The summed E-state index contributed by atoms with van der Waals surface area (Å²) < 4.78 is 0. The molecular formula is C10H14N4. The third-order valence-electron chi connectivity index (χ3n) is 2.08. The summed E-state index contributed by atoms with van der Waals surface area (Å²) in [5.74, 6) is 0. The predicted octanol–water partition coefficient (Wildman–Crippen LogP) is 1.10. The zero-order valence-electron chi connectivity index (χ0n) is 8.20. The Morgan fingerprint density at radius 1 is 1.71 bits per heavy atom. The number of hydrogen-bond donors (Lipinski definition) is 2. The fourth-order valence-corrected chi connectivity index (χ4v) is 1.16. The summed E-state index contributed by atoms with van der Waals surface area (Å²) in [4.78, 5) is 3.88. The molecule has 1 heterocycles. The highest BCUT2D eigenvalue weighted by Gasteiger charge is 2.06. The predicted molar refractivity (Wildman–Crippen MR) is 55.7 cm³/mol. The summed E-state index contributed by atoms with van der Waals surface area (Å²) in [5, 5.41) is 12.0. The molecule has 3 N–H and O–H groups in total. The molecule has 0 aromatic carbocycles. The highest BCUT2D eigenvalue weighted by Crippen LogP contribution is 2.13. The fraction of sp³-hybridized carbons (Fsp3) is 0.400. The van der Waals surface area contributed by atoms with Crippen LogP contribution in [0.15, 0.2) is 18.5 Å². The Morgan fingerprint density at radius 2 is 2.50 bits per heavy atom. The normalized spacial score (nSPS) is 11.8. The largest absolute Gasteiger partial charge is 0.380 e. The number of anilines is 1. The van der Waals surface area contributed by atoms with Crippen LogP contribution in [0, 0.1) is 11.3 Å². The lowest BCUT2D eigenvalue weighted by atomic mass is 10.2. The Bertz CT molecular complexity index is 325. The van der Waals surface area contributed by atoms with Crippen LogP contribution in [0.3, 0.4) is 0 Å². The molecule has 0 saturated heterocycles. The molecule has 4 nitrogen and oxygen atoms in total. The molecule has 1 unspecified atom stereocenters. The summed E-state index contributed by atoms with van der Waals surface area (Å²) in [6, 6.07) is 4.08. The maximum Gasteiger partial charge on any atom is 0.103 e. The molecule has 1 atom stereocenters. The topological polar surface area (TPSA) is 74.7 Å². The van der Waals surface area contributed by atoms with Gasteiger partial charge in [-0.05, 0) is 12.5 Å². The van der Waals surface area contributed by atoms with Crippen molar-refractivity contribution < 1.29 is 0 Å². The minimum atomic E-state index is 0.212. The van der Waals surface area contributed by atoms with E-state index in [4.69, 9.17) is 11.0 Å². The molecule has 0 fully saturated rings. The first-order valence-corrected chi connectivity index (χ1v) is 4.62. The van der Waals surface area contributed by atoms with Crippen molar-refractivity contribution in [3.63, 3.8) is 0 Å². The number of nitriles is 1. The first kappa shape index (κ1) is 10.5. The zero-order chi connectivity index (χ0) is 10.4. The molecule has 1 aromatic heterocycles. The van der Waals surface area contributed by atoms with Crippen LogP contribution in [0.1, 0.15) is 18.9 Å². The van der Waals surface area contributed by atoms with Gasteiger partial charge in [0.2, 0.25) is 0 Å². The minimum Gasteiger partial charge on any atom is -0.380 e. The summed E-state index contributed by atoms with van der Waals surface area (Å²) in [6.07, 6.45) is 4.14. The van der Waals surface area contributed by atoms with Gasteiger partial charge >= 0.3 is 0 Å². The monoisotopic (exact) mass is 190 g/mol. The molecule has 0 radical (unpaired) electrons. The molecule has 0 bridgehead atoms. The van der Waals surface area contributed by atoms with Crippen LogP contribution in [0.5, 0.6) is 0 Å². The van der Waals surface area contributed by atoms with Gasteiger partial charge in [0.15, 0.2) is 0 Å². The highest BCUT2D eigenvalue weighted by molar-refractivity contribution is 5.56. The molecule has 4 heteroatoms. The summed E-state index contributed by atoms with van der Waals surface area (Å²) >= 11 is 0. The van der Waals surface area contributed by atoms with Crippen molar-refractivity contribution in [1.29, 1.82) is 5.26 Å². The second-order valence-corrected chi connectivity index (χ2v) is 3.02. The van der Waals surface area contributed by atoms with Gasteiger partial charge in [0.25, 0.3) is 0 Å². The fourth-order valence-electron chi connectivity index (χ4n) is 1.16. The van der Waals surface area contributed by atoms with Crippen LogP contribution in [0.25, 0.3) is 0 Å². The second-order valence-electron chi connectivity index (χ2n) is 3.02. The van der Waals surface area contributed by atoms with Gasteiger partial charge in [-0.1, -0.05) is 6.92 Å². The first-order chi connectivity index (χ1) is 6.81. The number of hydrogen-bond acceptors (Lipinski definition) is 4. The van der Waals surface area contributed by atoms with Crippen LogP contribution in [-0.2, 0) is 0 Å². The van der Waals surface area contributed by atoms with Gasteiger partial charge in [-0.25, -0.2) is 0 Å². The van der Waals surface area contributed by atoms with Gasteiger partial charge in [0, 0.05) is 25.0 Å². The average molecular weight is 190 g/mol. The number of nitrogens with zero attached hydrogens (tertiary/aromatic N) is 2. The van der Waals surface area contributed by atoms with Crippen molar-refractivity contribution in [2.75, 3.05) is 11.9 Å². The van der Waals surface area contributed by atoms with Crippen LogP contribution in [-0.4, -0.2) is 17.6 Å². The van der Waals surface area contributed by atoms with Crippen molar-refractivity contribution in [1.82, 2.24) is 4.98 Å². The molecule has 1 aromatic rings. The molecule has 0 saturated carbocycles. The van der Waals surface area contributed by atoms with E-state index in [0.29, 0.717) is 12.1 Å². The lowest BCUT2D eigenvalue weighted by molar-refractivity contribution is 0.703. The second kappa shape index (κ2) is 5.20. The van der Waals surface area contributed by atoms with E-state index in [1.165, 1.54) is 0 Å². The molecule has 14 heavy (non-hydrogen) atoms. The SMILES string of the molecule is CCC(CN)Nc1ccncc1C#N. The van der Waals surface area contributed by atoms with E-state index in [1.807, 2.05) is 0 Å². The number of aromatic nitrogens is 1. The maximum atomic E-state index is 8.82. The van der Waals surface area contributed by atoms with Crippen molar-refractivity contribution in [2.24, 2.45) is 5.73 Å². The smallest absolute Gasteiger partial charge is 0.103 e. The molecule has 0 aliphatic heterocycles. The lowest BCUT2D eigenvalue weighted by Crippen LogP contribution is -2.28. The Kier molecular flexibility index (Phi) is 3.89. The number of rotatable bonds is 4. The van der Waals surface area contributed by atoms with E-state index in [-0.39, 0.29) is 6.04 Å². The van der Waals surface area contributed by atoms with E-state index < -0.39 is 0 Å². The van der Waals surface area contributed by atoms with Crippen molar-refractivity contribution in [2.45, 2.75) is 19.4 Å². The van der Waals surface area contributed by atoms with Crippen LogP contribution >= 0.6 is 0 Å². The standard InChI is InChI=1S/C10H14N4/c1-2-9(6-12)14-10-3-4-13-7-8(10)5-11/h3-4,7,9H,2,6,12H2,1H3,(H,13,14). The molecule has 0 aliphatic carbocycles. The minimum absolute atomic E-state index is 0.212.